The lowest BCUT2D eigenvalue weighted by Crippen LogP contribution is -2.36. The molecule has 2 aromatic rings. The van der Waals surface area contributed by atoms with Crippen LogP contribution in [0.25, 0.3) is 10.2 Å². The molecule has 28 heavy (non-hydrogen) atoms. The maximum absolute atomic E-state index is 14.8. The SMILES string of the molecule is CCOc1nc2ccc(O[C@H]3CC[C@H](OC[C@H](C)NC(C)=O)CC3)c(F)c2s1. The second kappa shape index (κ2) is 9.52. The lowest BCUT2D eigenvalue weighted by Gasteiger charge is -2.30. The number of amides is 1. The summed E-state index contributed by atoms with van der Waals surface area (Å²) >= 11 is 1.20. The van der Waals surface area contributed by atoms with Crippen LogP contribution in [-0.4, -0.2) is 42.4 Å². The van der Waals surface area contributed by atoms with Crippen LogP contribution in [0.15, 0.2) is 12.1 Å². The third-order valence-electron chi connectivity index (χ3n) is 4.66. The van der Waals surface area contributed by atoms with E-state index >= 15 is 0 Å². The van der Waals surface area contributed by atoms with Gasteiger partial charge in [0.15, 0.2) is 11.6 Å². The average Bonchev–Trinajstić information content (AvgIpc) is 3.07. The van der Waals surface area contributed by atoms with Crippen molar-refractivity contribution in [2.75, 3.05) is 13.2 Å². The van der Waals surface area contributed by atoms with Gasteiger partial charge < -0.3 is 19.5 Å². The van der Waals surface area contributed by atoms with E-state index in [4.69, 9.17) is 14.2 Å². The average molecular weight is 411 g/mol. The number of nitrogens with one attached hydrogen (secondary N) is 1. The van der Waals surface area contributed by atoms with Crippen LogP contribution in [0.2, 0.25) is 0 Å². The van der Waals surface area contributed by atoms with Crippen LogP contribution in [0, 0.1) is 5.82 Å². The molecule has 0 bridgehead atoms. The summed E-state index contributed by atoms with van der Waals surface area (Å²) in [5.41, 5.74) is 0.587. The Morgan fingerprint density at radius 1 is 1.32 bits per heavy atom. The van der Waals surface area contributed by atoms with Gasteiger partial charge in [0.1, 0.15) is 0 Å². The maximum Gasteiger partial charge on any atom is 0.274 e. The van der Waals surface area contributed by atoms with E-state index in [0.29, 0.717) is 28.6 Å². The van der Waals surface area contributed by atoms with Crippen LogP contribution in [0.3, 0.4) is 0 Å². The highest BCUT2D eigenvalue weighted by atomic mass is 32.1. The lowest BCUT2D eigenvalue weighted by molar-refractivity contribution is -0.120. The molecule has 0 radical (unpaired) electrons. The molecule has 1 amide bonds. The lowest BCUT2D eigenvalue weighted by atomic mass is 9.95. The Labute approximate surface area is 168 Å². The van der Waals surface area contributed by atoms with Crippen molar-refractivity contribution in [3.8, 4) is 10.9 Å². The fourth-order valence-electron chi connectivity index (χ4n) is 3.36. The molecule has 1 aliphatic rings. The second-order valence-corrected chi connectivity index (χ2v) is 8.05. The van der Waals surface area contributed by atoms with Crippen LogP contribution in [-0.2, 0) is 9.53 Å². The fourth-order valence-corrected chi connectivity index (χ4v) is 4.27. The van der Waals surface area contributed by atoms with E-state index in [9.17, 15) is 9.18 Å². The van der Waals surface area contributed by atoms with Gasteiger partial charge in [0.05, 0.1) is 35.6 Å². The Hall–Kier alpha value is -1.93. The van der Waals surface area contributed by atoms with Gasteiger partial charge in [0.2, 0.25) is 5.91 Å². The second-order valence-electron chi connectivity index (χ2n) is 7.09. The minimum atomic E-state index is -0.372. The monoisotopic (exact) mass is 410 g/mol. The third kappa shape index (κ3) is 5.32. The van der Waals surface area contributed by atoms with Gasteiger partial charge in [0, 0.05) is 13.0 Å². The molecule has 0 spiro atoms. The van der Waals surface area contributed by atoms with E-state index in [0.717, 1.165) is 25.7 Å². The van der Waals surface area contributed by atoms with Crippen molar-refractivity contribution < 1.29 is 23.4 Å². The molecule has 154 valence electrons. The molecule has 0 saturated heterocycles. The Morgan fingerprint density at radius 3 is 2.71 bits per heavy atom. The Morgan fingerprint density at radius 2 is 2.04 bits per heavy atom. The molecular weight excluding hydrogens is 383 g/mol. The molecule has 1 heterocycles. The van der Waals surface area contributed by atoms with Gasteiger partial charge in [-0.25, -0.2) is 9.37 Å². The molecule has 0 aliphatic heterocycles. The van der Waals surface area contributed by atoms with Crippen LogP contribution < -0.4 is 14.8 Å². The minimum absolute atomic E-state index is 0.00622. The first-order valence-electron chi connectivity index (χ1n) is 9.73. The maximum atomic E-state index is 14.8. The van der Waals surface area contributed by atoms with E-state index in [-0.39, 0.29) is 35.7 Å². The summed E-state index contributed by atoms with van der Waals surface area (Å²) in [6.07, 6.45) is 3.46. The summed E-state index contributed by atoms with van der Waals surface area (Å²) in [6.45, 7) is 6.29. The summed E-state index contributed by atoms with van der Waals surface area (Å²) in [7, 11) is 0. The first-order chi connectivity index (χ1) is 13.5. The Bertz CT molecular complexity index is 805. The molecule has 1 aromatic heterocycles. The van der Waals surface area contributed by atoms with Crippen molar-refractivity contribution in [3.05, 3.63) is 17.9 Å². The van der Waals surface area contributed by atoms with Crippen molar-refractivity contribution in [3.63, 3.8) is 0 Å². The summed E-state index contributed by atoms with van der Waals surface area (Å²) in [4.78, 5) is 15.3. The molecule has 1 N–H and O–H groups in total. The van der Waals surface area contributed by atoms with Gasteiger partial charge in [-0.1, -0.05) is 11.3 Å². The third-order valence-corrected chi connectivity index (χ3v) is 5.63. The number of aromatic nitrogens is 1. The topological polar surface area (TPSA) is 69.7 Å². The normalized spacial score (nSPS) is 20.7. The number of benzene rings is 1. The van der Waals surface area contributed by atoms with E-state index in [2.05, 4.69) is 10.3 Å². The fraction of sp³-hybridized carbons (Fsp3) is 0.600. The highest BCUT2D eigenvalue weighted by Crippen LogP contribution is 2.35. The van der Waals surface area contributed by atoms with E-state index in [1.54, 1.807) is 12.1 Å². The zero-order valence-electron chi connectivity index (χ0n) is 16.5. The van der Waals surface area contributed by atoms with Gasteiger partial charge >= 0.3 is 0 Å². The van der Waals surface area contributed by atoms with Crippen LogP contribution in [0.1, 0.15) is 46.5 Å². The number of hydrogen-bond acceptors (Lipinski definition) is 6. The van der Waals surface area contributed by atoms with Gasteiger partial charge in [-0.15, -0.1) is 0 Å². The number of carbonyl (C=O) groups excluding carboxylic acids is 1. The highest BCUT2D eigenvalue weighted by molar-refractivity contribution is 7.20. The predicted molar refractivity (Wildman–Crippen MR) is 107 cm³/mol. The Kier molecular flexibility index (Phi) is 7.07. The summed E-state index contributed by atoms with van der Waals surface area (Å²) in [5, 5.41) is 3.28. The zero-order chi connectivity index (χ0) is 20.1. The van der Waals surface area contributed by atoms with E-state index in [1.807, 2.05) is 13.8 Å². The van der Waals surface area contributed by atoms with Crippen molar-refractivity contribution in [2.45, 2.75) is 64.7 Å². The molecule has 6 nitrogen and oxygen atoms in total. The summed E-state index contributed by atoms with van der Waals surface area (Å²) in [6, 6.07) is 3.41. The summed E-state index contributed by atoms with van der Waals surface area (Å²) < 4.78 is 32.5. The summed E-state index contributed by atoms with van der Waals surface area (Å²) in [5.74, 6) is -0.159. The van der Waals surface area contributed by atoms with Crippen molar-refractivity contribution in [1.29, 1.82) is 0 Å². The van der Waals surface area contributed by atoms with Gasteiger partial charge in [-0.05, 0) is 51.7 Å². The van der Waals surface area contributed by atoms with E-state index in [1.165, 1.54) is 18.3 Å². The first-order valence-corrected chi connectivity index (χ1v) is 10.5. The van der Waals surface area contributed by atoms with Gasteiger partial charge in [0.25, 0.3) is 5.19 Å². The molecule has 1 aliphatic carbocycles. The molecule has 8 heteroatoms. The van der Waals surface area contributed by atoms with Crippen molar-refractivity contribution in [2.24, 2.45) is 0 Å². The molecule has 1 atom stereocenters. The molecule has 1 saturated carbocycles. The minimum Gasteiger partial charge on any atom is -0.487 e. The van der Waals surface area contributed by atoms with Crippen LogP contribution in [0.4, 0.5) is 4.39 Å². The number of halogens is 1. The number of nitrogens with zero attached hydrogens (tertiary/aromatic N) is 1. The molecule has 1 fully saturated rings. The first kappa shape index (κ1) is 20.8. The van der Waals surface area contributed by atoms with Crippen LogP contribution in [0.5, 0.6) is 10.9 Å². The quantitative estimate of drug-likeness (QED) is 0.711. The number of rotatable bonds is 8. The van der Waals surface area contributed by atoms with Crippen molar-refractivity contribution in [1.82, 2.24) is 10.3 Å². The zero-order valence-corrected chi connectivity index (χ0v) is 17.3. The highest BCUT2D eigenvalue weighted by Gasteiger charge is 2.25. The smallest absolute Gasteiger partial charge is 0.274 e. The Balaban J connectivity index is 1.52. The van der Waals surface area contributed by atoms with E-state index < -0.39 is 0 Å². The molecule has 3 rings (SSSR count). The standard InChI is InChI=1S/C20H27FN2O4S/c1-4-25-20-23-16-9-10-17(18(21)19(16)28-20)27-15-7-5-14(6-8-15)26-11-12(2)22-13(3)24/h9-10,12,14-15H,4-8,11H2,1-3H3,(H,22,24)/t12-,14-,15-/m0/s1. The number of ether oxygens (including phenoxy) is 3. The van der Waals surface area contributed by atoms with Crippen molar-refractivity contribution >= 4 is 27.5 Å². The van der Waals surface area contributed by atoms with Crippen LogP contribution >= 0.6 is 11.3 Å². The number of fused-ring (bicyclic) bond motifs is 1. The predicted octanol–water partition coefficient (Wildman–Crippen LogP) is 4.07. The molecule has 1 aromatic carbocycles. The largest absolute Gasteiger partial charge is 0.487 e. The number of carbonyl (C=O) groups is 1. The van der Waals surface area contributed by atoms with Gasteiger partial charge in [-0.3, -0.25) is 4.79 Å². The van der Waals surface area contributed by atoms with Gasteiger partial charge in [-0.2, -0.15) is 0 Å². The number of thiazole rings is 1. The molecular formula is C20H27FN2O4S. The number of hydrogen-bond donors (Lipinski definition) is 1. The molecule has 0 unspecified atom stereocenters.